The first kappa shape index (κ1) is 19.5. The Labute approximate surface area is 163 Å². The Hall–Kier alpha value is -3.27. The van der Waals surface area contributed by atoms with E-state index in [1.807, 2.05) is 37.3 Å². The number of rotatable bonds is 7. The molecule has 0 aliphatic heterocycles. The van der Waals surface area contributed by atoms with Crippen molar-refractivity contribution >= 4 is 11.8 Å². The van der Waals surface area contributed by atoms with Crippen LogP contribution in [0, 0.1) is 5.82 Å². The number of carbonyl (C=O) groups is 2. The lowest BCUT2D eigenvalue weighted by molar-refractivity contribution is -0.136. The van der Waals surface area contributed by atoms with Crippen molar-refractivity contribution in [3.8, 4) is 5.75 Å². The van der Waals surface area contributed by atoms with Gasteiger partial charge in [0.1, 0.15) is 11.6 Å². The van der Waals surface area contributed by atoms with Crippen LogP contribution in [0.2, 0.25) is 0 Å². The summed E-state index contributed by atoms with van der Waals surface area (Å²) in [5.74, 6) is -0.861. The molecule has 3 aromatic carbocycles. The summed E-state index contributed by atoms with van der Waals surface area (Å²) in [5.41, 5.74) is 1.77. The van der Waals surface area contributed by atoms with Crippen LogP contribution in [0.15, 0.2) is 78.9 Å². The first-order valence-electron chi connectivity index (χ1n) is 9.25. The minimum absolute atomic E-state index is 0.217. The van der Waals surface area contributed by atoms with Gasteiger partial charge in [0.15, 0.2) is 5.78 Å². The maximum absolute atomic E-state index is 13.0. The number of hydrogen-bond donors (Lipinski definition) is 0. The Morgan fingerprint density at radius 3 is 2.00 bits per heavy atom. The third-order valence-corrected chi connectivity index (χ3v) is 4.51. The number of esters is 1. The zero-order valence-electron chi connectivity index (χ0n) is 15.6. The Morgan fingerprint density at radius 2 is 1.43 bits per heavy atom. The summed E-state index contributed by atoms with van der Waals surface area (Å²) in [6, 6.07) is 21.4. The van der Waals surface area contributed by atoms with E-state index in [4.69, 9.17) is 4.74 Å². The Bertz CT molecular complexity index is 932. The van der Waals surface area contributed by atoms with Crippen molar-refractivity contribution in [1.29, 1.82) is 0 Å². The highest BCUT2D eigenvalue weighted by molar-refractivity contribution is 6.09. The van der Waals surface area contributed by atoms with Crippen LogP contribution in [0.1, 0.15) is 47.2 Å². The van der Waals surface area contributed by atoms with Gasteiger partial charge in [-0.05, 0) is 60.5 Å². The van der Waals surface area contributed by atoms with Gasteiger partial charge >= 0.3 is 5.97 Å². The molecule has 142 valence electrons. The van der Waals surface area contributed by atoms with Crippen LogP contribution < -0.4 is 4.74 Å². The van der Waals surface area contributed by atoms with Crippen LogP contribution in [-0.2, 0) is 4.79 Å². The number of ketones is 1. The molecular weight excluding hydrogens is 355 g/mol. The third kappa shape index (κ3) is 4.71. The maximum Gasteiger partial charge on any atom is 0.318 e. The molecule has 3 nitrogen and oxygen atoms in total. The lowest BCUT2D eigenvalue weighted by Gasteiger charge is -2.15. The fourth-order valence-electron chi connectivity index (χ4n) is 3.02. The van der Waals surface area contributed by atoms with Gasteiger partial charge in [0.25, 0.3) is 0 Å². The Kier molecular flexibility index (Phi) is 6.33. The van der Waals surface area contributed by atoms with Gasteiger partial charge in [-0.3, -0.25) is 9.59 Å². The van der Waals surface area contributed by atoms with Gasteiger partial charge in [-0.25, -0.2) is 4.39 Å². The van der Waals surface area contributed by atoms with Crippen LogP contribution in [0.5, 0.6) is 5.75 Å². The molecule has 0 aromatic heterocycles. The molecule has 0 heterocycles. The van der Waals surface area contributed by atoms with Crippen LogP contribution in [0.4, 0.5) is 4.39 Å². The summed E-state index contributed by atoms with van der Waals surface area (Å²) in [6.07, 6.45) is 1.56. The molecule has 0 bridgehead atoms. The first-order chi connectivity index (χ1) is 13.6. The molecule has 1 atom stereocenters. The first-order valence-corrected chi connectivity index (χ1v) is 9.25. The fourth-order valence-corrected chi connectivity index (χ4v) is 3.02. The zero-order chi connectivity index (χ0) is 19.9. The lowest BCUT2D eigenvalue weighted by atomic mass is 9.95. The predicted molar refractivity (Wildman–Crippen MR) is 106 cm³/mol. The van der Waals surface area contributed by atoms with Crippen LogP contribution >= 0.6 is 0 Å². The van der Waals surface area contributed by atoms with E-state index in [0.717, 1.165) is 12.0 Å². The average molecular weight is 376 g/mol. The van der Waals surface area contributed by atoms with Crippen molar-refractivity contribution in [2.45, 2.75) is 25.7 Å². The minimum atomic E-state index is -0.390. The summed E-state index contributed by atoms with van der Waals surface area (Å²) < 4.78 is 18.5. The highest BCUT2D eigenvalue weighted by Gasteiger charge is 2.22. The van der Waals surface area contributed by atoms with E-state index in [-0.39, 0.29) is 23.5 Å². The molecule has 4 heteroatoms. The second-order valence-corrected chi connectivity index (χ2v) is 6.53. The van der Waals surface area contributed by atoms with Crippen molar-refractivity contribution in [2.24, 2.45) is 0 Å². The Balaban J connectivity index is 1.71. The second-order valence-electron chi connectivity index (χ2n) is 6.53. The molecule has 0 spiro atoms. The molecule has 0 amide bonds. The summed E-state index contributed by atoms with van der Waals surface area (Å²) in [5, 5.41) is 0. The number of carbonyl (C=O) groups excluding carboxylic acids is 2. The monoisotopic (exact) mass is 376 g/mol. The lowest BCUT2D eigenvalue weighted by Crippen LogP contribution is -2.18. The standard InChI is InChI=1S/C24H21FO3/c1-2-6-22(17-7-4-3-5-8-17)24(27)28-21-15-11-19(12-16-21)23(26)18-9-13-20(25)14-10-18/h3-5,7-16,22H,2,6H2,1H3/t22-/m1/s1. The maximum atomic E-state index is 13.0. The molecule has 28 heavy (non-hydrogen) atoms. The van der Waals surface area contributed by atoms with E-state index >= 15 is 0 Å². The fraction of sp³-hybridized carbons (Fsp3) is 0.167. The third-order valence-electron chi connectivity index (χ3n) is 4.51. The second kappa shape index (κ2) is 9.09. The molecule has 3 aromatic rings. The SMILES string of the molecule is CCC[C@@H](C(=O)Oc1ccc(C(=O)c2ccc(F)cc2)cc1)c1ccccc1. The molecular formula is C24H21FO3. The molecule has 0 aliphatic carbocycles. The highest BCUT2D eigenvalue weighted by atomic mass is 19.1. The van der Waals surface area contributed by atoms with Gasteiger partial charge in [-0.2, -0.15) is 0 Å². The summed E-state index contributed by atoms with van der Waals surface area (Å²) in [7, 11) is 0. The van der Waals surface area contributed by atoms with Crippen molar-refractivity contribution in [3.05, 3.63) is 101 Å². The Morgan fingerprint density at radius 1 is 0.857 bits per heavy atom. The normalized spacial score (nSPS) is 11.6. The van der Waals surface area contributed by atoms with E-state index in [2.05, 4.69) is 0 Å². The molecule has 0 N–H and O–H groups in total. The molecule has 0 radical (unpaired) electrons. The average Bonchev–Trinajstić information content (AvgIpc) is 2.73. The molecule has 0 fully saturated rings. The molecule has 0 aliphatic rings. The molecule has 3 rings (SSSR count). The number of hydrogen-bond acceptors (Lipinski definition) is 3. The van der Waals surface area contributed by atoms with E-state index in [1.54, 1.807) is 24.3 Å². The van der Waals surface area contributed by atoms with Gasteiger partial charge in [-0.15, -0.1) is 0 Å². The largest absolute Gasteiger partial charge is 0.426 e. The minimum Gasteiger partial charge on any atom is -0.426 e. The van der Waals surface area contributed by atoms with Crippen molar-refractivity contribution in [3.63, 3.8) is 0 Å². The van der Waals surface area contributed by atoms with E-state index < -0.39 is 0 Å². The number of halogens is 1. The van der Waals surface area contributed by atoms with Crippen molar-refractivity contribution < 1.29 is 18.7 Å². The van der Waals surface area contributed by atoms with Crippen molar-refractivity contribution in [1.82, 2.24) is 0 Å². The van der Waals surface area contributed by atoms with Crippen LogP contribution in [0.3, 0.4) is 0 Å². The van der Waals surface area contributed by atoms with E-state index in [0.29, 0.717) is 23.3 Å². The van der Waals surface area contributed by atoms with Gasteiger partial charge in [0.05, 0.1) is 5.92 Å². The molecule has 0 saturated heterocycles. The predicted octanol–water partition coefficient (Wildman–Crippen LogP) is 5.55. The van der Waals surface area contributed by atoms with E-state index in [9.17, 15) is 14.0 Å². The highest BCUT2D eigenvalue weighted by Crippen LogP contribution is 2.24. The van der Waals surface area contributed by atoms with Gasteiger partial charge < -0.3 is 4.74 Å². The van der Waals surface area contributed by atoms with Crippen LogP contribution in [-0.4, -0.2) is 11.8 Å². The molecule has 0 saturated carbocycles. The number of ether oxygens (including phenoxy) is 1. The van der Waals surface area contributed by atoms with Crippen LogP contribution in [0.25, 0.3) is 0 Å². The van der Waals surface area contributed by atoms with Gasteiger partial charge in [0.2, 0.25) is 0 Å². The quantitative estimate of drug-likeness (QED) is 0.309. The smallest absolute Gasteiger partial charge is 0.318 e. The zero-order valence-corrected chi connectivity index (χ0v) is 15.6. The van der Waals surface area contributed by atoms with Gasteiger partial charge in [0, 0.05) is 11.1 Å². The summed E-state index contributed by atoms with van der Waals surface area (Å²) >= 11 is 0. The topological polar surface area (TPSA) is 43.4 Å². The molecule has 0 unspecified atom stereocenters. The van der Waals surface area contributed by atoms with Crippen molar-refractivity contribution in [2.75, 3.05) is 0 Å². The summed E-state index contributed by atoms with van der Waals surface area (Å²) in [6.45, 7) is 2.03. The van der Waals surface area contributed by atoms with E-state index in [1.165, 1.54) is 24.3 Å². The number of benzene rings is 3. The van der Waals surface area contributed by atoms with Gasteiger partial charge in [-0.1, -0.05) is 43.7 Å². The summed E-state index contributed by atoms with van der Waals surface area (Å²) in [4.78, 5) is 25.1.